The van der Waals surface area contributed by atoms with Crippen molar-refractivity contribution in [3.8, 4) is 0 Å². The van der Waals surface area contributed by atoms with E-state index in [0.717, 1.165) is 13.0 Å². The van der Waals surface area contributed by atoms with Gasteiger partial charge < -0.3 is 15.1 Å². The quantitative estimate of drug-likeness (QED) is 0.615. The third-order valence-corrected chi connectivity index (χ3v) is 2.60. The molecule has 0 spiro atoms. The van der Waals surface area contributed by atoms with Crippen molar-refractivity contribution in [1.29, 1.82) is 0 Å². The van der Waals surface area contributed by atoms with E-state index in [-0.39, 0.29) is 0 Å². The molecule has 1 heterocycles. The fourth-order valence-electron chi connectivity index (χ4n) is 1.65. The summed E-state index contributed by atoms with van der Waals surface area (Å²) in [6.07, 6.45) is 7.75. The van der Waals surface area contributed by atoms with Gasteiger partial charge in [-0.25, -0.2) is 0 Å². The van der Waals surface area contributed by atoms with E-state index in [1.54, 1.807) is 0 Å². The van der Waals surface area contributed by atoms with E-state index in [2.05, 4.69) is 27.8 Å². The van der Waals surface area contributed by atoms with Crippen LogP contribution in [0.5, 0.6) is 0 Å². The van der Waals surface area contributed by atoms with Gasteiger partial charge in [-0.2, -0.15) is 0 Å². The van der Waals surface area contributed by atoms with Crippen LogP contribution in [0.15, 0.2) is 4.42 Å². The summed E-state index contributed by atoms with van der Waals surface area (Å²) in [6.45, 7) is 3.76. The molecule has 0 saturated heterocycles. The second kappa shape index (κ2) is 8.98. The van der Waals surface area contributed by atoms with E-state index >= 15 is 0 Å². The van der Waals surface area contributed by atoms with Crippen LogP contribution in [0.1, 0.15) is 51.3 Å². The number of aromatic nitrogens is 2. The molecule has 0 amide bonds. The fourth-order valence-corrected chi connectivity index (χ4v) is 1.65. The second-order valence-corrected chi connectivity index (χ2v) is 4.23. The maximum atomic E-state index is 5.37. The Balaban J connectivity index is 2.01. The van der Waals surface area contributed by atoms with E-state index in [4.69, 9.17) is 4.42 Å². The number of hydrogen-bond donors (Lipinski definition) is 2. The first kappa shape index (κ1) is 14.0. The van der Waals surface area contributed by atoms with Crippen molar-refractivity contribution in [2.75, 3.05) is 18.9 Å². The van der Waals surface area contributed by atoms with Crippen LogP contribution in [0, 0.1) is 0 Å². The van der Waals surface area contributed by atoms with Gasteiger partial charge in [0.25, 0.3) is 0 Å². The predicted molar refractivity (Wildman–Crippen MR) is 68.9 cm³/mol. The first-order valence-corrected chi connectivity index (χ1v) is 6.57. The summed E-state index contributed by atoms with van der Waals surface area (Å²) in [5.41, 5.74) is 0. The number of anilines is 1. The molecule has 98 valence electrons. The maximum Gasteiger partial charge on any atom is 0.315 e. The van der Waals surface area contributed by atoms with Gasteiger partial charge in [0.1, 0.15) is 0 Å². The Hall–Kier alpha value is -1.10. The van der Waals surface area contributed by atoms with Crippen molar-refractivity contribution in [3.05, 3.63) is 5.89 Å². The molecule has 0 aromatic carbocycles. The van der Waals surface area contributed by atoms with Crippen LogP contribution in [0.2, 0.25) is 0 Å². The van der Waals surface area contributed by atoms with Gasteiger partial charge in [-0.05, 0) is 13.5 Å². The molecule has 2 N–H and O–H groups in total. The number of rotatable bonds is 10. The number of unbranched alkanes of at least 4 members (excludes halogenated alkanes) is 5. The number of nitrogens with one attached hydrogen (secondary N) is 2. The molecule has 0 aliphatic heterocycles. The van der Waals surface area contributed by atoms with E-state index < -0.39 is 0 Å². The summed E-state index contributed by atoms with van der Waals surface area (Å²) in [6, 6.07) is 0.531. The minimum absolute atomic E-state index is 0.531. The van der Waals surface area contributed by atoms with Gasteiger partial charge >= 0.3 is 6.01 Å². The molecule has 0 unspecified atom stereocenters. The van der Waals surface area contributed by atoms with Crippen LogP contribution in [0.4, 0.5) is 6.01 Å². The summed E-state index contributed by atoms with van der Waals surface area (Å²) >= 11 is 0. The highest BCUT2D eigenvalue weighted by Crippen LogP contribution is 2.07. The van der Waals surface area contributed by atoms with Crippen molar-refractivity contribution in [3.63, 3.8) is 0 Å². The van der Waals surface area contributed by atoms with Crippen molar-refractivity contribution >= 4 is 6.01 Å². The van der Waals surface area contributed by atoms with Crippen LogP contribution < -0.4 is 10.6 Å². The standard InChI is InChI=1S/C12H24N4O/c1-3-4-5-6-7-8-9-14-12-16-15-11(17-12)10-13-2/h13H,3-10H2,1-2H3,(H,14,16). The summed E-state index contributed by atoms with van der Waals surface area (Å²) in [4.78, 5) is 0. The van der Waals surface area contributed by atoms with Gasteiger partial charge in [-0.1, -0.05) is 44.1 Å². The molecule has 1 aromatic rings. The summed E-state index contributed by atoms with van der Waals surface area (Å²) in [7, 11) is 1.85. The van der Waals surface area contributed by atoms with Crippen LogP contribution in [0.3, 0.4) is 0 Å². The molecule has 5 heteroatoms. The summed E-state index contributed by atoms with van der Waals surface area (Å²) in [5, 5.41) is 13.9. The zero-order valence-electron chi connectivity index (χ0n) is 11.0. The lowest BCUT2D eigenvalue weighted by atomic mass is 10.1. The Kier molecular flexibility index (Phi) is 7.38. The lowest BCUT2D eigenvalue weighted by Gasteiger charge is -2.01. The Bertz CT molecular complexity index is 288. The molecule has 0 aliphatic rings. The zero-order chi connectivity index (χ0) is 12.3. The van der Waals surface area contributed by atoms with E-state index in [9.17, 15) is 0 Å². The molecule has 0 saturated carbocycles. The highest BCUT2D eigenvalue weighted by molar-refractivity contribution is 5.16. The first-order chi connectivity index (χ1) is 8.36. The minimum atomic E-state index is 0.531. The van der Waals surface area contributed by atoms with Crippen molar-refractivity contribution in [2.24, 2.45) is 0 Å². The van der Waals surface area contributed by atoms with Crippen molar-refractivity contribution in [1.82, 2.24) is 15.5 Å². The highest BCUT2D eigenvalue weighted by atomic mass is 16.4. The Labute approximate surface area is 103 Å². The number of hydrogen-bond acceptors (Lipinski definition) is 5. The molecular weight excluding hydrogens is 216 g/mol. The molecule has 0 bridgehead atoms. The molecule has 0 aliphatic carbocycles. The average Bonchev–Trinajstić information content (AvgIpc) is 2.76. The average molecular weight is 240 g/mol. The van der Waals surface area contributed by atoms with Crippen LogP contribution in [-0.4, -0.2) is 23.8 Å². The zero-order valence-corrected chi connectivity index (χ0v) is 11.0. The molecule has 0 fully saturated rings. The van der Waals surface area contributed by atoms with E-state index in [0.29, 0.717) is 18.5 Å². The third-order valence-electron chi connectivity index (χ3n) is 2.60. The normalized spacial score (nSPS) is 10.7. The maximum absolute atomic E-state index is 5.37. The summed E-state index contributed by atoms with van der Waals surface area (Å²) in [5.74, 6) is 0.623. The minimum Gasteiger partial charge on any atom is -0.407 e. The van der Waals surface area contributed by atoms with Gasteiger partial charge in [0, 0.05) is 6.54 Å². The van der Waals surface area contributed by atoms with Gasteiger partial charge in [-0.3, -0.25) is 0 Å². The van der Waals surface area contributed by atoms with Gasteiger partial charge in [0.2, 0.25) is 5.89 Å². The topological polar surface area (TPSA) is 63.0 Å². The summed E-state index contributed by atoms with van der Waals surface area (Å²) < 4.78 is 5.37. The van der Waals surface area contributed by atoms with Crippen molar-refractivity contribution in [2.45, 2.75) is 52.0 Å². The van der Waals surface area contributed by atoms with Crippen LogP contribution in [0.25, 0.3) is 0 Å². The molecule has 1 aromatic heterocycles. The molecule has 0 atom stereocenters. The van der Waals surface area contributed by atoms with Gasteiger partial charge in [-0.15, -0.1) is 5.10 Å². The smallest absolute Gasteiger partial charge is 0.315 e. The Morgan fingerprint density at radius 3 is 2.59 bits per heavy atom. The van der Waals surface area contributed by atoms with Crippen molar-refractivity contribution < 1.29 is 4.42 Å². The molecular formula is C12H24N4O. The van der Waals surface area contributed by atoms with Crippen LogP contribution in [-0.2, 0) is 6.54 Å². The predicted octanol–water partition coefficient (Wildman–Crippen LogP) is 2.56. The Morgan fingerprint density at radius 1 is 1.06 bits per heavy atom. The lowest BCUT2D eigenvalue weighted by Crippen LogP contribution is -2.05. The SMILES string of the molecule is CCCCCCCCNc1nnc(CNC)o1. The monoisotopic (exact) mass is 240 g/mol. The fraction of sp³-hybridized carbons (Fsp3) is 0.833. The van der Waals surface area contributed by atoms with Gasteiger partial charge in [0.05, 0.1) is 6.54 Å². The molecule has 1 rings (SSSR count). The van der Waals surface area contributed by atoms with E-state index in [1.165, 1.54) is 32.1 Å². The van der Waals surface area contributed by atoms with Crippen LogP contribution >= 0.6 is 0 Å². The molecule has 0 radical (unpaired) electrons. The van der Waals surface area contributed by atoms with E-state index in [1.807, 2.05) is 7.05 Å². The lowest BCUT2D eigenvalue weighted by molar-refractivity contribution is 0.488. The second-order valence-electron chi connectivity index (χ2n) is 4.23. The van der Waals surface area contributed by atoms with Gasteiger partial charge in [0.15, 0.2) is 0 Å². The largest absolute Gasteiger partial charge is 0.407 e. The third kappa shape index (κ3) is 6.26. The Morgan fingerprint density at radius 2 is 1.82 bits per heavy atom. The first-order valence-electron chi connectivity index (χ1n) is 6.57. The highest BCUT2D eigenvalue weighted by Gasteiger charge is 2.03. The number of nitrogens with zero attached hydrogens (tertiary/aromatic N) is 2. The molecule has 5 nitrogen and oxygen atoms in total. The molecule has 17 heavy (non-hydrogen) atoms.